The van der Waals surface area contributed by atoms with Gasteiger partial charge in [0, 0.05) is 19.3 Å². The molecular weight excluding hydrogens is 304 g/mol. The first-order valence-electron chi connectivity index (χ1n) is 8.37. The molecule has 0 spiro atoms. The SMILES string of the molecule is CCN(CC)c1ccc(C(=O)NC(c2n[nH]c(C)n2)C(C)C)cn1. The van der Waals surface area contributed by atoms with Crippen LogP contribution in [0.3, 0.4) is 0 Å². The standard InChI is InChI=1S/C17H26N6O/c1-6-23(7-2)14-9-8-13(10-18-14)17(24)20-15(11(3)4)16-19-12(5)21-22-16/h8-11,15H,6-7H2,1-5H3,(H,20,24)(H,19,21,22). The second kappa shape index (κ2) is 7.90. The van der Waals surface area contributed by atoms with Crippen LogP contribution in [0.4, 0.5) is 5.82 Å². The van der Waals surface area contributed by atoms with Crippen molar-refractivity contribution in [2.75, 3.05) is 18.0 Å². The lowest BCUT2D eigenvalue weighted by Gasteiger charge is -2.21. The van der Waals surface area contributed by atoms with Gasteiger partial charge in [-0.3, -0.25) is 9.89 Å². The van der Waals surface area contributed by atoms with Crippen molar-refractivity contribution in [1.82, 2.24) is 25.5 Å². The lowest BCUT2D eigenvalue weighted by molar-refractivity contribution is 0.0923. The van der Waals surface area contributed by atoms with E-state index in [0.29, 0.717) is 11.4 Å². The molecule has 0 saturated carbocycles. The van der Waals surface area contributed by atoms with Crippen LogP contribution in [0.1, 0.15) is 55.7 Å². The molecule has 2 rings (SSSR count). The molecule has 0 fully saturated rings. The summed E-state index contributed by atoms with van der Waals surface area (Å²) in [7, 11) is 0. The van der Waals surface area contributed by atoms with Gasteiger partial charge in [0.2, 0.25) is 0 Å². The fraction of sp³-hybridized carbons (Fsp3) is 0.529. The number of rotatable bonds is 7. The highest BCUT2D eigenvalue weighted by atomic mass is 16.1. The number of nitrogens with zero attached hydrogens (tertiary/aromatic N) is 4. The van der Waals surface area contributed by atoms with E-state index in [-0.39, 0.29) is 17.9 Å². The zero-order valence-electron chi connectivity index (χ0n) is 15.0. The van der Waals surface area contributed by atoms with Gasteiger partial charge in [-0.1, -0.05) is 13.8 Å². The Morgan fingerprint density at radius 1 is 1.29 bits per heavy atom. The molecule has 2 heterocycles. The molecule has 7 nitrogen and oxygen atoms in total. The van der Waals surface area contributed by atoms with Gasteiger partial charge >= 0.3 is 0 Å². The number of aromatic nitrogens is 4. The van der Waals surface area contributed by atoms with E-state index < -0.39 is 0 Å². The fourth-order valence-electron chi connectivity index (χ4n) is 2.51. The average Bonchev–Trinajstić information content (AvgIpc) is 3.00. The van der Waals surface area contributed by atoms with Crippen LogP contribution in [-0.2, 0) is 0 Å². The summed E-state index contributed by atoms with van der Waals surface area (Å²) in [6.07, 6.45) is 1.61. The highest BCUT2D eigenvalue weighted by Crippen LogP contribution is 2.19. The van der Waals surface area contributed by atoms with E-state index in [0.717, 1.165) is 24.7 Å². The Morgan fingerprint density at radius 2 is 2.00 bits per heavy atom. The number of anilines is 1. The molecule has 0 saturated heterocycles. The Kier molecular flexibility index (Phi) is 5.89. The zero-order valence-corrected chi connectivity index (χ0v) is 15.0. The molecule has 1 unspecified atom stereocenters. The second-order valence-electron chi connectivity index (χ2n) is 6.05. The number of H-pyrrole nitrogens is 1. The largest absolute Gasteiger partial charge is 0.357 e. The molecule has 2 N–H and O–H groups in total. The van der Waals surface area contributed by atoms with Crippen molar-refractivity contribution in [1.29, 1.82) is 0 Å². The molecular formula is C17H26N6O. The van der Waals surface area contributed by atoms with Gasteiger partial charge in [0.15, 0.2) is 5.82 Å². The summed E-state index contributed by atoms with van der Waals surface area (Å²) in [6.45, 7) is 11.8. The van der Waals surface area contributed by atoms with Crippen LogP contribution in [0.5, 0.6) is 0 Å². The Morgan fingerprint density at radius 3 is 2.46 bits per heavy atom. The summed E-state index contributed by atoms with van der Waals surface area (Å²) in [5, 5.41) is 9.99. The van der Waals surface area contributed by atoms with E-state index in [1.165, 1.54) is 0 Å². The Hall–Kier alpha value is -2.44. The van der Waals surface area contributed by atoms with Crippen molar-refractivity contribution < 1.29 is 4.79 Å². The summed E-state index contributed by atoms with van der Waals surface area (Å²) >= 11 is 0. The van der Waals surface area contributed by atoms with Gasteiger partial charge in [0.05, 0.1) is 11.6 Å². The van der Waals surface area contributed by atoms with Gasteiger partial charge in [0.1, 0.15) is 11.6 Å². The van der Waals surface area contributed by atoms with Gasteiger partial charge in [-0.05, 0) is 38.8 Å². The zero-order chi connectivity index (χ0) is 17.7. The number of aromatic amines is 1. The van der Waals surface area contributed by atoms with Gasteiger partial charge in [-0.15, -0.1) is 0 Å². The molecule has 2 aromatic heterocycles. The lowest BCUT2D eigenvalue weighted by atomic mass is 10.0. The number of hydrogen-bond donors (Lipinski definition) is 2. The van der Waals surface area contributed by atoms with Crippen LogP contribution >= 0.6 is 0 Å². The molecule has 7 heteroatoms. The molecule has 0 radical (unpaired) electrons. The highest BCUT2D eigenvalue weighted by Gasteiger charge is 2.23. The first-order chi connectivity index (χ1) is 11.5. The van der Waals surface area contributed by atoms with Crippen LogP contribution in [0, 0.1) is 12.8 Å². The summed E-state index contributed by atoms with van der Waals surface area (Å²) in [6, 6.07) is 3.43. The van der Waals surface area contributed by atoms with E-state index in [2.05, 4.69) is 44.2 Å². The van der Waals surface area contributed by atoms with Crippen LogP contribution in [0.2, 0.25) is 0 Å². The van der Waals surface area contributed by atoms with Gasteiger partial charge in [-0.25, -0.2) is 9.97 Å². The molecule has 24 heavy (non-hydrogen) atoms. The van der Waals surface area contributed by atoms with Crippen LogP contribution in [0.25, 0.3) is 0 Å². The lowest BCUT2D eigenvalue weighted by Crippen LogP contribution is -2.32. The molecule has 0 bridgehead atoms. The Labute approximate surface area is 142 Å². The third-order valence-corrected chi connectivity index (χ3v) is 3.94. The number of carbonyl (C=O) groups excluding carboxylic acids is 1. The molecule has 130 valence electrons. The number of hydrogen-bond acceptors (Lipinski definition) is 5. The van der Waals surface area contributed by atoms with Crippen molar-refractivity contribution in [3.63, 3.8) is 0 Å². The maximum Gasteiger partial charge on any atom is 0.253 e. The molecule has 0 aliphatic rings. The van der Waals surface area contributed by atoms with Crippen LogP contribution in [0.15, 0.2) is 18.3 Å². The van der Waals surface area contributed by atoms with Crippen LogP contribution < -0.4 is 10.2 Å². The summed E-state index contributed by atoms with van der Waals surface area (Å²) in [5.41, 5.74) is 0.531. The minimum absolute atomic E-state index is 0.172. The van der Waals surface area contributed by atoms with Crippen molar-refractivity contribution in [3.05, 3.63) is 35.5 Å². The van der Waals surface area contributed by atoms with Crippen LogP contribution in [-0.4, -0.2) is 39.2 Å². The van der Waals surface area contributed by atoms with E-state index in [1.54, 1.807) is 12.3 Å². The molecule has 0 aliphatic carbocycles. The Bertz CT molecular complexity index is 660. The van der Waals surface area contributed by atoms with Crippen molar-refractivity contribution in [2.45, 2.75) is 40.7 Å². The number of amides is 1. The first-order valence-corrected chi connectivity index (χ1v) is 8.37. The molecule has 0 aliphatic heterocycles. The number of nitrogens with one attached hydrogen (secondary N) is 2. The van der Waals surface area contributed by atoms with E-state index in [4.69, 9.17) is 0 Å². The van der Waals surface area contributed by atoms with Gasteiger partial charge in [0.25, 0.3) is 5.91 Å². The predicted molar refractivity (Wildman–Crippen MR) is 94.0 cm³/mol. The van der Waals surface area contributed by atoms with Crippen molar-refractivity contribution >= 4 is 11.7 Å². The van der Waals surface area contributed by atoms with Gasteiger partial charge < -0.3 is 10.2 Å². The summed E-state index contributed by atoms with van der Waals surface area (Å²) in [4.78, 5) is 23.4. The summed E-state index contributed by atoms with van der Waals surface area (Å²) in [5.74, 6) is 2.21. The van der Waals surface area contributed by atoms with E-state index >= 15 is 0 Å². The topological polar surface area (TPSA) is 86.8 Å². The number of aryl methyl sites for hydroxylation is 1. The molecule has 0 aromatic carbocycles. The minimum atomic E-state index is -0.245. The quantitative estimate of drug-likeness (QED) is 0.814. The smallest absolute Gasteiger partial charge is 0.253 e. The Balaban J connectivity index is 2.12. The second-order valence-corrected chi connectivity index (χ2v) is 6.05. The maximum atomic E-state index is 12.5. The summed E-state index contributed by atoms with van der Waals surface area (Å²) < 4.78 is 0. The molecule has 1 atom stereocenters. The van der Waals surface area contributed by atoms with Gasteiger partial charge in [-0.2, -0.15) is 5.10 Å². The minimum Gasteiger partial charge on any atom is -0.357 e. The molecule has 2 aromatic rings. The van der Waals surface area contributed by atoms with E-state index in [1.807, 2.05) is 26.8 Å². The number of carbonyl (C=O) groups is 1. The third kappa shape index (κ3) is 4.10. The van der Waals surface area contributed by atoms with Crippen molar-refractivity contribution in [2.24, 2.45) is 5.92 Å². The average molecular weight is 330 g/mol. The first kappa shape index (κ1) is 17.9. The van der Waals surface area contributed by atoms with E-state index in [9.17, 15) is 4.79 Å². The monoisotopic (exact) mass is 330 g/mol. The maximum absolute atomic E-state index is 12.5. The van der Waals surface area contributed by atoms with Crippen molar-refractivity contribution in [3.8, 4) is 0 Å². The third-order valence-electron chi connectivity index (χ3n) is 3.94. The number of pyridine rings is 1. The normalized spacial score (nSPS) is 12.2. The fourth-order valence-corrected chi connectivity index (χ4v) is 2.51. The molecule has 1 amide bonds. The highest BCUT2D eigenvalue weighted by molar-refractivity contribution is 5.94. The predicted octanol–water partition coefficient (Wildman–Crippen LogP) is 2.48.